The zero-order valence-corrected chi connectivity index (χ0v) is 15.9. The fourth-order valence-electron chi connectivity index (χ4n) is 3.87. The van der Waals surface area contributed by atoms with Gasteiger partial charge in [-0.1, -0.05) is 0 Å². The number of piperidine rings is 1. The van der Waals surface area contributed by atoms with Gasteiger partial charge in [0.05, 0.1) is 18.7 Å². The zero-order valence-electron chi connectivity index (χ0n) is 15.9. The molecule has 1 aromatic carbocycles. The number of imidazole rings is 1. The maximum absolute atomic E-state index is 5.83. The molecule has 2 aromatic heterocycles. The van der Waals surface area contributed by atoms with Crippen LogP contribution in [0, 0.1) is 0 Å². The summed E-state index contributed by atoms with van der Waals surface area (Å²) in [5, 5.41) is 1.10. The molecule has 1 aliphatic heterocycles. The predicted molar refractivity (Wildman–Crippen MR) is 107 cm³/mol. The molecular formula is C21H26N4O2. The van der Waals surface area contributed by atoms with E-state index in [1.807, 2.05) is 38.5 Å². The number of hydrogen-bond donors (Lipinski definition) is 1. The Balaban J connectivity index is 1.71. The number of nitrogens with one attached hydrogen (secondary N) is 1. The van der Waals surface area contributed by atoms with Crippen molar-refractivity contribution in [1.82, 2.24) is 15.0 Å². The molecule has 0 amide bonds. The first-order valence-corrected chi connectivity index (χ1v) is 9.72. The molecule has 142 valence electrons. The first-order chi connectivity index (χ1) is 13.3. The van der Waals surface area contributed by atoms with Gasteiger partial charge in [-0.15, -0.1) is 0 Å². The molecule has 1 aliphatic rings. The number of benzene rings is 1. The summed E-state index contributed by atoms with van der Waals surface area (Å²) >= 11 is 0. The van der Waals surface area contributed by atoms with Gasteiger partial charge in [-0.3, -0.25) is 4.98 Å². The fraction of sp³-hybridized carbons (Fsp3) is 0.429. The maximum Gasteiger partial charge on any atom is 0.163 e. The molecule has 6 heteroatoms. The quantitative estimate of drug-likeness (QED) is 0.710. The lowest BCUT2D eigenvalue weighted by atomic mass is 9.96. The molecule has 0 aliphatic carbocycles. The van der Waals surface area contributed by atoms with Crippen LogP contribution in [-0.2, 0) is 0 Å². The second-order valence-electron chi connectivity index (χ2n) is 6.77. The minimum Gasteiger partial charge on any atom is -0.490 e. The van der Waals surface area contributed by atoms with Crippen molar-refractivity contribution in [1.29, 1.82) is 0 Å². The van der Waals surface area contributed by atoms with Crippen molar-refractivity contribution >= 4 is 16.6 Å². The summed E-state index contributed by atoms with van der Waals surface area (Å²) in [5.41, 5.74) is 2.12. The van der Waals surface area contributed by atoms with Crippen molar-refractivity contribution in [2.45, 2.75) is 32.6 Å². The van der Waals surface area contributed by atoms with Crippen LogP contribution in [0.15, 0.2) is 36.8 Å². The van der Waals surface area contributed by atoms with E-state index in [0.29, 0.717) is 19.1 Å². The maximum atomic E-state index is 5.83. The molecule has 3 heterocycles. The molecule has 1 fully saturated rings. The zero-order chi connectivity index (χ0) is 18.6. The Morgan fingerprint density at radius 3 is 2.67 bits per heavy atom. The van der Waals surface area contributed by atoms with Gasteiger partial charge in [-0.05, 0) is 38.8 Å². The van der Waals surface area contributed by atoms with Gasteiger partial charge < -0.3 is 19.4 Å². The molecule has 0 bridgehead atoms. The van der Waals surface area contributed by atoms with Crippen LogP contribution in [0.3, 0.4) is 0 Å². The Hall–Kier alpha value is -2.76. The van der Waals surface area contributed by atoms with Crippen molar-refractivity contribution < 1.29 is 9.47 Å². The van der Waals surface area contributed by atoms with E-state index in [9.17, 15) is 0 Å². The van der Waals surface area contributed by atoms with E-state index in [-0.39, 0.29) is 0 Å². The third kappa shape index (κ3) is 3.56. The lowest BCUT2D eigenvalue weighted by Gasteiger charge is -2.34. The second kappa shape index (κ2) is 7.86. The fourth-order valence-corrected chi connectivity index (χ4v) is 3.87. The summed E-state index contributed by atoms with van der Waals surface area (Å²) in [6, 6.07) is 6.16. The Morgan fingerprint density at radius 2 is 1.93 bits per heavy atom. The summed E-state index contributed by atoms with van der Waals surface area (Å²) < 4.78 is 11.6. The number of nitrogens with zero attached hydrogens (tertiary/aromatic N) is 3. The van der Waals surface area contributed by atoms with E-state index in [0.717, 1.165) is 54.2 Å². The molecular weight excluding hydrogens is 340 g/mol. The Kier molecular flexibility index (Phi) is 5.14. The van der Waals surface area contributed by atoms with Gasteiger partial charge in [0, 0.05) is 54.7 Å². The number of pyridine rings is 1. The van der Waals surface area contributed by atoms with Crippen LogP contribution >= 0.6 is 0 Å². The minimum atomic E-state index is 0.422. The highest BCUT2D eigenvalue weighted by atomic mass is 16.5. The summed E-state index contributed by atoms with van der Waals surface area (Å²) in [4.78, 5) is 14.8. The standard InChI is InChI=1S/C21H26N4O2/c1-3-26-19-12-16-17(13-20(19)27-4-2)22-8-7-18(16)25-11-5-6-15(14-25)21-23-9-10-24-21/h7-10,12-13,15H,3-6,11,14H2,1-2H3,(H,23,24). The van der Waals surface area contributed by atoms with Gasteiger partial charge in [-0.2, -0.15) is 0 Å². The number of hydrogen-bond acceptors (Lipinski definition) is 5. The molecule has 3 aromatic rings. The smallest absolute Gasteiger partial charge is 0.163 e. The molecule has 6 nitrogen and oxygen atoms in total. The minimum absolute atomic E-state index is 0.422. The van der Waals surface area contributed by atoms with Crippen LogP contribution in [0.4, 0.5) is 5.69 Å². The molecule has 0 radical (unpaired) electrons. The van der Waals surface area contributed by atoms with Crippen LogP contribution in [0.2, 0.25) is 0 Å². The summed E-state index contributed by atoms with van der Waals surface area (Å²) in [7, 11) is 0. The number of H-pyrrole nitrogens is 1. The Morgan fingerprint density at radius 1 is 1.11 bits per heavy atom. The van der Waals surface area contributed by atoms with Crippen molar-refractivity contribution in [3.8, 4) is 11.5 Å². The number of rotatable bonds is 6. The molecule has 0 saturated carbocycles. The van der Waals surface area contributed by atoms with E-state index in [1.54, 1.807) is 0 Å². The van der Waals surface area contributed by atoms with E-state index in [2.05, 4.69) is 32.0 Å². The number of fused-ring (bicyclic) bond motifs is 1. The van der Waals surface area contributed by atoms with Crippen LogP contribution in [0.25, 0.3) is 10.9 Å². The van der Waals surface area contributed by atoms with Crippen LogP contribution in [-0.4, -0.2) is 41.3 Å². The molecule has 0 spiro atoms. The number of anilines is 1. The van der Waals surface area contributed by atoms with Gasteiger partial charge in [0.1, 0.15) is 5.82 Å². The van der Waals surface area contributed by atoms with Gasteiger partial charge >= 0.3 is 0 Å². The molecule has 1 atom stereocenters. The monoisotopic (exact) mass is 366 g/mol. The molecule has 27 heavy (non-hydrogen) atoms. The van der Waals surface area contributed by atoms with E-state index < -0.39 is 0 Å². The van der Waals surface area contributed by atoms with E-state index in [4.69, 9.17) is 9.47 Å². The van der Waals surface area contributed by atoms with Gasteiger partial charge in [0.2, 0.25) is 0 Å². The Bertz CT molecular complexity index is 895. The van der Waals surface area contributed by atoms with Gasteiger partial charge in [0.15, 0.2) is 11.5 Å². The number of aromatic nitrogens is 3. The molecule has 1 unspecified atom stereocenters. The summed E-state index contributed by atoms with van der Waals surface area (Å²) in [6.45, 7) is 7.15. The van der Waals surface area contributed by atoms with Crippen molar-refractivity contribution in [2.75, 3.05) is 31.2 Å². The van der Waals surface area contributed by atoms with Gasteiger partial charge in [-0.25, -0.2) is 4.98 Å². The average molecular weight is 366 g/mol. The van der Waals surface area contributed by atoms with Gasteiger partial charge in [0.25, 0.3) is 0 Å². The third-order valence-corrected chi connectivity index (χ3v) is 5.05. The SMILES string of the molecule is CCOc1cc2nccc(N3CCCC(c4ncc[nH]4)C3)c2cc1OCC. The first kappa shape index (κ1) is 17.6. The lowest BCUT2D eigenvalue weighted by molar-refractivity contribution is 0.288. The number of aromatic amines is 1. The summed E-state index contributed by atoms with van der Waals surface area (Å²) in [5.74, 6) is 3.03. The van der Waals surface area contributed by atoms with E-state index >= 15 is 0 Å². The lowest BCUT2D eigenvalue weighted by Crippen LogP contribution is -2.34. The van der Waals surface area contributed by atoms with Crippen molar-refractivity contribution in [2.24, 2.45) is 0 Å². The van der Waals surface area contributed by atoms with E-state index in [1.165, 1.54) is 5.69 Å². The highest BCUT2D eigenvalue weighted by molar-refractivity contribution is 5.94. The second-order valence-corrected chi connectivity index (χ2v) is 6.77. The highest BCUT2D eigenvalue weighted by Gasteiger charge is 2.24. The largest absolute Gasteiger partial charge is 0.490 e. The first-order valence-electron chi connectivity index (χ1n) is 9.72. The Labute approximate surface area is 159 Å². The average Bonchev–Trinajstić information content (AvgIpc) is 3.23. The third-order valence-electron chi connectivity index (χ3n) is 5.05. The van der Waals surface area contributed by atoms with Crippen LogP contribution < -0.4 is 14.4 Å². The predicted octanol–water partition coefficient (Wildman–Crippen LogP) is 4.14. The van der Waals surface area contributed by atoms with Crippen molar-refractivity contribution in [3.63, 3.8) is 0 Å². The number of ether oxygens (including phenoxy) is 2. The van der Waals surface area contributed by atoms with Crippen LogP contribution in [0.1, 0.15) is 38.4 Å². The molecule has 1 saturated heterocycles. The van der Waals surface area contributed by atoms with Crippen LogP contribution in [0.5, 0.6) is 11.5 Å². The topological polar surface area (TPSA) is 63.3 Å². The van der Waals surface area contributed by atoms with Crippen molar-refractivity contribution in [3.05, 3.63) is 42.6 Å². The highest BCUT2D eigenvalue weighted by Crippen LogP contribution is 2.38. The molecule has 4 rings (SSSR count). The summed E-state index contributed by atoms with van der Waals surface area (Å²) in [6.07, 6.45) is 7.92. The normalized spacial score (nSPS) is 17.3. The molecule has 1 N–H and O–H groups in total.